The number of hydrogen-bond acceptors (Lipinski definition) is 4. The van der Waals surface area contributed by atoms with Crippen LogP contribution in [0.15, 0.2) is 48.5 Å². The molecule has 0 aromatic heterocycles. The van der Waals surface area contributed by atoms with Crippen molar-refractivity contribution in [1.29, 1.82) is 0 Å². The van der Waals surface area contributed by atoms with E-state index in [1.165, 1.54) is 4.90 Å². The number of nitrogens with one attached hydrogen (secondary N) is 1. The highest BCUT2D eigenvalue weighted by atomic mass is 16.2. The number of rotatable bonds is 9. The Kier molecular flexibility index (Phi) is 8.10. The van der Waals surface area contributed by atoms with Gasteiger partial charge in [0.25, 0.3) is 11.8 Å². The molecule has 7 heteroatoms. The normalized spacial score (nSPS) is 14.0. The number of imide groups is 1. The third-order valence-electron chi connectivity index (χ3n) is 5.97. The quantitative estimate of drug-likeness (QED) is 0.551. The van der Waals surface area contributed by atoms with Crippen molar-refractivity contribution in [2.45, 2.75) is 72.0 Å². The number of amides is 4. The minimum absolute atomic E-state index is 0.124. The largest absolute Gasteiger partial charge is 0.350 e. The van der Waals surface area contributed by atoms with Gasteiger partial charge in [-0.25, -0.2) is 0 Å². The third-order valence-corrected chi connectivity index (χ3v) is 5.97. The lowest BCUT2D eigenvalue weighted by Gasteiger charge is -2.33. The predicted octanol–water partition coefficient (Wildman–Crippen LogP) is 4.09. The molecular formula is C28H35N3O4. The number of hydrogen-bond donors (Lipinski definition) is 1. The summed E-state index contributed by atoms with van der Waals surface area (Å²) in [5.74, 6) is -1.03. The molecule has 186 valence electrons. The zero-order chi connectivity index (χ0) is 25.8. The van der Waals surface area contributed by atoms with Crippen molar-refractivity contribution in [2.75, 3.05) is 6.54 Å². The van der Waals surface area contributed by atoms with Gasteiger partial charge in [-0.3, -0.25) is 24.1 Å². The smallest absolute Gasteiger partial charge is 0.261 e. The van der Waals surface area contributed by atoms with E-state index in [0.29, 0.717) is 30.5 Å². The molecule has 0 fully saturated rings. The molecule has 0 aliphatic carbocycles. The van der Waals surface area contributed by atoms with Gasteiger partial charge >= 0.3 is 0 Å². The van der Waals surface area contributed by atoms with Crippen LogP contribution in [-0.4, -0.2) is 51.6 Å². The highest BCUT2D eigenvalue weighted by Crippen LogP contribution is 2.23. The Morgan fingerprint density at radius 2 is 1.63 bits per heavy atom. The molecule has 35 heavy (non-hydrogen) atoms. The van der Waals surface area contributed by atoms with E-state index < -0.39 is 11.6 Å². The van der Waals surface area contributed by atoms with E-state index in [9.17, 15) is 19.2 Å². The standard InChI is InChI=1S/C28H35N3O4/c1-6-23(25(33)29-28(3,4)5)31(18-20-12-9-11-19(2)17-20)24(32)15-10-16-30-26(34)21-13-7-8-14-22(21)27(30)35/h7-9,11-14,17,23H,6,10,15-16,18H2,1-5H3,(H,29,33)/t23-/m1/s1. The molecule has 0 saturated heterocycles. The highest BCUT2D eigenvalue weighted by molar-refractivity contribution is 6.21. The zero-order valence-electron chi connectivity index (χ0n) is 21.3. The minimum atomic E-state index is -0.624. The first-order chi connectivity index (χ1) is 16.5. The SMILES string of the molecule is CC[C@H](C(=O)NC(C)(C)C)N(Cc1cccc(C)c1)C(=O)CCCN1C(=O)c2ccccc2C1=O. The van der Waals surface area contributed by atoms with Crippen molar-refractivity contribution in [3.05, 3.63) is 70.8 Å². The van der Waals surface area contributed by atoms with Crippen LogP contribution in [0.1, 0.15) is 78.8 Å². The van der Waals surface area contributed by atoms with Gasteiger partial charge in [-0.2, -0.15) is 0 Å². The van der Waals surface area contributed by atoms with Crippen molar-refractivity contribution in [1.82, 2.24) is 15.1 Å². The van der Waals surface area contributed by atoms with Crippen LogP contribution in [-0.2, 0) is 16.1 Å². The van der Waals surface area contributed by atoms with E-state index in [0.717, 1.165) is 11.1 Å². The van der Waals surface area contributed by atoms with Crippen LogP contribution < -0.4 is 5.32 Å². The summed E-state index contributed by atoms with van der Waals surface area (Å²) in [6.07, 6.45) is 0.919. The molecule has 1 heterocycles. The summed E-state index contributed by atoms with van der Waals surface area (Å²) in [6, 6.07) is 14.0. The molecule has 0 bridgehead atoms. The lowest BCUT2D eigenvalue weighted by Crippen LogP contribution is -2.53. The fourth-order valence-corrected chi connectivity index (χ4v) is 4.35. The Hall–Kier alpha value is -3.48. The molecule has 1 atom stereocenters. The summed E-state index contributed by atoms with van der Waals surface area (Å²) >= 11 is 0. The number of aryl methyl sites for hydroxylation is 1. The number of benzene rings is 2. The summed E-state index contributed by atoms with van der Waals surface area (Å²) < 4.78 is 0. The van der Waals surface area contributed by atoms with Gasteiger partial charge < -0.3 is 10.2 Å². The second-order valence-corrected chi connectivity index (χ2v) is 10.1. The lowest BCUT2D eigenvalue weighted by atomic mass is 10.0. The van der Waals surface area contributed by atoms with Gasteiger partial charge in [0.05, 0.1) is 11.1 Å². The highest BCUT2D eigenvalue weighted by Gasteiger charge is 2.35. The van der Waals surface area contributed by atoms with Gasteiger partial charge in [0, 0.05) is 25.0 Å². The second kappa shape index (κ2) is 10.8. The number of nitrogens with zero attached hydrogens (tertiary/aromatic N) is 2. The first-order valence-corrected chi connectivity index (χ1v) is 12.1. The maximum atomic E-state index is 13.4. The molecule has 4 amide bonds. The van der Waals surface area contributed by atoms with E-state index in [-0.39, 0.29) is 36.6 Å². The second-order valence-electron chi connectivity index (χ2n) is 10.1. The predicted molar refractivity (Wildman–Crippen MR) is 135 cm³/mol. The molecule has 2 aromatic carbocycles. The molecule has 0 unspecified atom stereocenters. The molecule has 0 radical (unpaired) electrons. The third kappa shape index (κ3) is 6.35. The topological polar surface area (TPSA) is 86.8 Å². The summed E-state index contributed by atoms with van der Waals surface area (Å²) in [6.45, 7) is 10.1. The number of carbonyl (C=O) groups is 4. The Bertz CT molecular complexity index is 1080. The zero-order valence-corrected chi connectivity index (χ0v) is 21.3. The van der Waals surface area contributed by atoms with E-state index in [4.69, 9.17) is 0 Å². The lowest BCUT2D eigenvalue weighted by molar-refractivity contribution is -0.142. The molecule has 1 aliphatic heterocycles. The van der Waals surface area contributed by atoms with Gasteiger partial charge in [0.2, 0.25) is 11.8 Å². The fourth-order valence-electron chi connectivity index (χ4n) is 4.35. The Morgan fingerprint density at radius 1 is 1.00 bits per heavy atom. The van der Waals surface area contributed by atoms with E-state index in [1.807, 2.05) is 58.9 Å². The van der Waals surface area contributed by atoms with Crippen molar-refractivity contribution >= 4 is 23.6 Å². The van der Waals surface area contributed by atoms with Crippen LogP contribution in [0.2, 0.25) is 0 Å². The average molecular weight is 478 g/mol. The summed E-state index contributed by atoms with van der Waals surface area (Å²) in [7, 11) is 0. The fraction of sp³-hybridized carbons (Fsp3) is 0.429. The molecular weight excluding hydrogens is 442 g/mol. The van der Waals surface area contributed by atoms with Gasteiger partial charge in [-0.15, -0.1) is 0 Å². The van der Waals surface area contributed by atoms with Crippen LogP contribution >= 0.6 is 0 Å². The van der Waals surface area contributed by atoms with Crippen LogP contribution in [0.4, 0.5) is 0 Å². The van der Waals surface area contributed by atoms with Crippen molar-refractivity contribution in [3.8, 4) is 0 Å². The molecule has 3 rings (SSSR count). The maximum absolute atomic E-state index is 13.4. The van der Waals surface area contributed by atoms with Crippen molar-refractivity contribution < 1.29 is 19.2 Å². The minimum Gasteiger partial charge on any atom is -0.350 e. The van der Waals surface area contributed by atoms with E-state index >= 15 is 0 Å². The van der Waals surface area contributed by atoms with Gasteiger partial charge in [-0.05, 0) is 58.2 Å². The van der Waals surface area contributed by atoms with Gasteiger partial charge in [0.1, 0.15) is 6.04 Å². The molecule has 2 aromatic rings. The Labute approximate surface area is 207 Å². The number of carbonyl (C=O) groups excluding carboxylic acids is 4. The maximum Gasteiger partial charge on any atom is 0.261 e. The summed E-state index contributed by atoms with van der Waals surface area (Å²) in [4.78, 5) is 54.6. The van der Waals surface area contributed by atoms with Crippen LogP contribution in [0.25, 0.3) is 0 Å². The monoisotopic (exact) mass is 477 g/mol. The molecule has 7 nitrogen and oxygen atoms in total. The Morgan fingerprint density at radius 3 is 2.17 bits per heavy atom. The molecule has 1 N–H and O–H groups in total. The van der Waals surface area contributed by atoms with E-state index in [2.05, 4.69) is 5.32 Å². The average Bonchev–Trinajstić information content (AvgIpc) is 3.03. The Balaban J connectivity index is 1.73. The molecule has 1 aliphatic rings. The van der Waals surface area contributed by atoms with Crippen molar-refractivity contribution in [2.24, 2.45) is 0 Å². The van der Waals surface area contributed by atoms with Crippen molar-refractivity contribution in [3.63, 3.8) is 0 Å². The first-order valence-electron chi connectivity index (χ1n) is 12.1. The molecule has 0 spiro atoms. The van der Waals surface area contributed by atoms with Gasteiger partial charge in [0.15, 0.2) is 0 Å². The van der Waals surface area contributed by atoms with E-state index in [1.54, 1.807) is 29.2 Å². The summed E-state index contributed by atoms with van der Waals surface area (Å²) in [5, 5.41) is 2.99. The summed E-state index contributed by atoms with van der Waals surface area (Å²) in [5.41, 5.74) is 2.40. The van der Waals surface area contributed by atoms with Gasteiger partial charge in [-0.1, -0.05) is 48.9 Å². The van der Waals surface area contributed by atoms with Crippen LogP contribution in [0, 0.1) is 6.92 Å². The van der Waals surface area contributed by atoms with Crippen LogP contribution in [0.3, 0.4) is 0 Å². The first kappa shape index (κ1) is 26.1. The molecule has 0 saturated carbocycles. The van der Waals surface area contributed by atoms with Crippen LogP contribution in [0.5, 0.6) is 0 Å². The number of fused-ring (bicyclic) bond motifs is 1.